The number of hydrogen-bond acceptors (Lipinski definition) is 4. The Bertz CT molecular complexity index is 2900. The minimum Gasteiger partial charge on any atom is -0.450 e. The van der Waals surface area contributed by atoms with Crippen molar-refractivity contribution in [1.29, 1.82) is 0 Å². The highest BCUT2D eigenvalue weighted by atomic mass is 16.6. The maximum atomic E-state index is 6.84. The second-order valence-corrected chi connectivity index (χ2v) is 14.1. The molecule has 1 aliphatic heterocycles. The van der Waals surface area contributed by atoms with Crippen LogP contribution < -0.4 is 19.3 Å². The van der Waals surface area contributed by atoms with Crippen LogP contribution in [0.4, 0.5) is 34.1 Å². The molecule has 0 unspecified atom stereocenters. The van der Waals surface area contributed by atoms with Crippen molar-refractivity contribution in [3.63, 3.8) is 0 Å². The normalized spacial score (nSPS) is 11.9. The summed E-state index contributed by atoms with van der Waals surface area (Å²) in [5.74, 6) is 2.65. The summed E-state index contributed by atoms with van der Waals surface area (Å²) in [6.07, 6.45) is 0. The maximum Gasteiger partial charge on any atom is 0.172 e. The first-order valence-electron chi connectivity index (χ1n) is 18.9. The molecule has 0 aromatic heterocycles. The highest BCUT2D eigenvalue weighted by molar-refractivity contribution is 6.15. The zero-order valence-corrected chi connectivity index (χ0v) is 30.3. The van der Waals surface area contributed by atoms with Crippen LogP contribution >= 0.6 is 0 Å². The van der Waals surface area contributed by atoms with Gasteiger partial charge in [0.25, 0.3) is 0 Å². The first-order chi connectivity index (χ1) is 27.8. The molecule has 4 heteroatoms. The van der Waals surface area contributed by atoms with Gasteiger partial charge in [0.1, 0.15) is 0 Å². The van der Waals surface area contributed by atoms with Crippen LogP contribution in [0.15, 0.2) is 206 Å². The summed E-state index contributed by atoms with van der Waals surface area (Å²) in [6, 6.07) is 72.5. The van der Waals surface area contributed by atoms with Gasteiger partial charge in [-0.3, -0.25) is 0 Å². The molecule has 0 aliphatic carbocycles. The van der Waals surface area contributed by atoms with E-state index in [0.717, 1.165) is 34.1 Å². The molecule has 0 saturated heterocycles. The van der Waals surface area contributed by atoms with Crippen molar-refractivity contribution < 1.29 is 9.47 Å². The minimum atomic E-state index is 0.653. The first kappa shape index (κ1) is 31.9. The Kier molecular flexibility index (Phi) is 7.46. The highest BCUT2D eigenvalue weighted by Gasteiger charge is 2.25. The van der Waals surface area contributed by atoms with Crippen molar-refractivity contribution in [2.45, 2.75) is 0 Å². The summed E-state index contributed by atoms with van der Waals surface area (Å²) in [4.78, 5) is 4.62. The predicted octanol–water partition coefficient (Wildman–Crippen LogP) is 15.1. The molecule has 11 rings (SSSR count). The number of ether oxygens (including phenoxy) is 2. The molecule has 0 amide bonds. The second kappa shape index (κ2) is 13.1. The van der Waals surface area contributed by atoms with E-state index in [0.29, 0.717) is 23.0 Å². The molecule has 10 aromatic rings. The SMILES string of the molecule is c1ccc(N(c2ccc3c(c2)Oc2cc(N(c4ccccc4)c4cc5ccccc5c5ccccc45)ccc2O3)c2cc3ccccc3c3ccccc23)cc1. The quantitative estimate of drug-likeness (QED) is 0.160. The van der Waals surface area contributed by atoms with Crippen LogP contribution in [0.3, 0.4) is 0 Å². The van der Waals surface area contributed by atoms with Gasteiger partial charge in [0.2, 0.25) is 0 Å². The lowest BCUT2D eigenvalue weighted by Gasteiger charge is -2.30. The van der Waals surface area contributed by atoms with Crippen molar-refractivity contribution in [1.82, 2.24) is 0 Å². The molecular weight excluding hydrogens is 685 g/mol. The standard InChI is InChI=1S/C52H34N2O2/c1-3-17-37(18-4-1)53(47-31-35-15-7-9-21-41(35)43-23-11-13-25-45(43)47)39-27-29-49-51(33-39)56-52-34-40(28-30-50(52)55-49)54(38-19-5-2-6-20-38)48-32-36-16-8-10-22-42(36)44-24-12-14-26-46(44)48/h1-34H. The van der Waals surface area contributed by atoms with Gasteiger partial charge < -0.3 is 19.3 Å². The molecule has 0 radical (unpaired) electrons. The smallest absolute Gasteiger partial charge is 0.172 e. The van der Waals surface area contributed by atoms with E-state index in [1.165, 1.54) is 43.1 Å². The summed E-state index contributed by atoms with van der Waals surface area (Å²) in [5.41, 5.74) is 6.21. The molecule has 10 aromatic carbocycles. The molecule has 56 heavy (non-hydrogen) atoms. The van der Waals surface area contributed by atoms with Crippen molar-refractivity contribution >= 4 is 77.2 Å². The number of hydrogen-bond donors (Lipinski definition) is 0. The molecule has 1 aliphatic rings. The Morgan fingerprint density at radius 1 is 0.250 bits per heavy atom. The van der Waals surface area contributed by atoms with E-state index in [9.17, 15) is 0 Å². The van der Waals surface area contributed by atoms with E-state index in [-0.39, 0.29) is 0 Å². The van der Waals surface area contributed by atoms with Crippen LogP contribution in [0.2, 0.25) is 0 Å². The average Bonchev–Trinajstić information content (AvgIpc) is 3.26. The molecular formula is C52H34N2O2. The van der Waals surface area contributed by atoms with Gasteiger partial charge in [0.15, 0.2) is 23.0 Å². The third-order valence-electron chi connectivity index (χ3n) is 10.8. The largest absolute Gasteiger partial charge is 0.450 e. The van der Waals surface area contributed by atoms with E-state index >= 15 is 0 Å². The average molecular weight is 719 g/mol. The van der Waals surface area contributed by atoms with Gasteiger partial charge in [-0.05, 0) is 93.0 Å². The number of rotatable bonds is 6. The maximum absolute atomic E-state index is 6.84. The molecule has 0 spiro atoms. The van der Waals surface area contributed by atoms with Crippen molar-refractivity contribution in [2.75, 3.05) is 9.80 Å². The van der Waals surface area contributed by atoms with Gasteiger partial charge in [0, 0.05) is 34.3 Å². The van der Waals surface area contributed by atoms with E-state index in [1.807, 2.05) is 12.1 Å². The molecule has 4 nitrogen and oxygen atoms in total. The third kappa shape index (κ3) is 5.31. The summed E-state index contributed by atoms with van der Waals surface area (Å²) in [6.45, 7) is 0. The molecule has 0 fully saturated rings. The minimum absolute atomic E-state index is 0.653. The zero-order valence-electron chi connectivity index (χ0n) is 30.3. The van der Waals surface area contributed by atoms with E-state index < -0.39 is 0 Å². The Balaban J connectivity index is 1.04. The van der Waals surface area contributed by atoms with E-state index in [4.69, 9.17) is 9.47 Å². The number of anilines is 6. The summed E-state index contributed by atoms with van der Waals surface area (Å²) in [7, 11) is 0. The lowest BCUT2D eigenvalue weighted by Crippen LogP contribution is -2.12. The molecule has 1 heterocycles. The van der Waals surface area contributed by atoms with Gasteiger partial charge >= 0.3 is 0 Å². The Morgan fingerprint density at radius 3 is 1.05 bits per heavy atom. The third-order valence-corrected chi connectivity index (χ3v) is 10.8. The number of para-hydroxylation sites is 2. The zero-order chi connectivity index (χ0) is 37.0. The molecule has 0 atom stereocenters. The van der Waals surface area contributed by atoms with Crippen molar-refractivity contribution in [3.8, 4) is 23.0 Å². The Labute approximate surface area is 324 Å². The van der Waals surface area contributed by atoms with Gasteiger partial charge in [-0.2, -0.15) is 0 Å². The van der Waals surface area contributed by atoms with E-state index in [1.54, 1.807) is 0 Å². The van der Waals surface area contributed by atoms with Gasteiger partial charge in [0.05, 0.1) is 22.7 Å². The highest BCUT2D eigenvalue weighted by Crippen LogP contribution is 2.51. The van der Waals surface area contributed by atoms with Crippen LogP contribution in [0, 0.1) is 0 Å². The monoisotopic (exact) mass is 718 g/mol. The van der Waals surface area contributed by atoms with Crippen LogP contribution in [0.1, 0.15) is 0 Å². The van der Waals surface area contributed by atoms with Crippen LogP contribution in [-0.4, -0.2) is 0 Å². The molecule has 0 bridgehead atoms. The topological polar surface area (TPSA) is 24.9 Å². The fourth-order valence-electron chi connectivity index (χ4n) is 8.28. The molecule has 264 valence electrons. The number of benzene rings is 10. The Morgan fingerprint density at radius 2 is 0.607 bits per heavy atom. The van der Waals surface area contributed by atoms with Crippen molar-refractivity contribution in [2.24, 2.45) is 0 Å². The predicted molar refractivity (Wildman–Crippen MR) is 232 cm³/mol. The number of nitrogens with zero attached hydrogens (tertiary/aromatic N) is 2. The summed E-state index contributed by atoms with van der Waals surface area (Å²) < 4.78 is 13.4. The van der Waals surface area contributed by atoms with Gasteiger partial charge in [-0.15, -0.1) is 0 Å². The van der Waals surface area contributed by atoms with Crippen molar-refractivity contribution in [3.05, 3.63) is 206 Å². The van der Waals surface area contributed by atoms with E-state index in [2.05, 4.69) is 204 Å². The van der Waals surface area contributed by atoms with Crippen LogP contribution in [0.5, 0.6) is 23.0 Å². The van der Waals surface area contributed by atoms with Gasteiger partial charge in [-0.25, -0.2) is 0 Å². The van der Waals surface area contributed by atoms with Gasteiger partial charge in [-0.1, -0.05) is 133 Å². The number of fused-ring (bicyclic) bond motifs is 8. The molecule has 0 N–H and O–H groups in total. The summed E-state index contributed by atoms with van der Waals surface area (Å²) >= 11 is 0. The van der Waals surface area contributed by atoms with Crippen LogP contribution in [-0.2, 0) is 0 Å². The Hall–Kier alpha value is -7.56. The first-order valence-corrected chi connectivity index (χ1v) is 18.9. The lowest BCUT2D eigenvalue weighted by molar-refractivity contribution is 0.360. The second-order valence-electron chi connectivity index (χ2n) is 14.1. The molecule has 0 saturated carbocycles. The summed E-state index contributed by atoms with van der Waals surface area (Å²) in [5, 5.41) is 9.59. The van der Waals surface area contributed by atoms with Crippen LogP contribution in [0.25, 0.3) is 43.1 Å². The fourth-order valence-corrected chi connectivity index (χ4v) is 8.28. The fraction of sp³-hybridized carbons (Fsp3) is 0. The lowest BCUT2D eigenvalue weighted by atomic mass is 9.99.